The summed E-state index contributed by atoms with van der Waals surface area (Å²) >= 11 is 0. The molecule has 7 nitrogen and oxygen atoms in total. The maximum absolute atomic E-state index is 11.1. The molecule has 7 heteroatoms. The van der Waals surface area contributed by atoms with Crippen LogP contribution < -0.4 is 15.0 Å². The number of nitrogens with one attached hydrogen (secondary N) is 1. The summed E-state index contributed by atoms with van der Waals surface area (Å²) in [5.74, 6) is 1.83. The van der Waals surface area contributed by atoms with Crippen LogP contribution >= 0.6 is 0 Å². The summed E-state index contributed by atoms with van der Waals surface area (Å²) in [6, 6.07) is 3.77. The summed E-state index contributed by atoms with van der Waals surface area (Å²) in [7, 11) is 0. The Morgan fingerprint density at radius 1 is 1.25 bits per heavy atom. The van der Waals surface area contributed by atoms with Gasteiger partial charge in [0.2, 0.25) is 5.91 Å². The second-order valence-corrected chi connectivity index (χ2v) is 7.55. The molecular formula is C21H27N5O2. The second kappa shape index (κ2) is 8.54. The zero-order valence-corrected chi connectivity index (χ0v) is 16.4. The number of aryl methyl sites for hydroxylation is 1. The molecule has 1 aliphatic heterocycles. The van der Waals surface area contributed by atoms with Gasteiger partial charge in [-0.3, -0.25) is 9.78 Å². The summed E-state index contributed by atoms with van der Waals surface area (Å²) in [4.78, 5) is 26.9. The first-order chi connectivity index (χ1) is 13.7. The van der Waals surface area contributed by atoms with Crippen LogP contribution in [0.4, 0.5) is 5.82 Å². The molecule has 1 atom stereocenters. The molecule has 2 aromatic heterocycles. The predicted octanol–water partition coefficient (Wildman–Crippen LogP) is 2.43. The van der Waals surface area contributed by atoms with E-state index in [0.29, 0.717) is 6.54 Å². The summed E-state index contributed by atoms with van der Waals surface area (Å²) in [5.41, 5.74) is 3.36. The number of carbonyl (C=O) groups is 1. The number of fused-ring (bicyclic) bond motifs is 1. The lowest BCUT2D eigenvalue weighted by Crippen LogP contribution is -2.27. The third-order valence-corrected chi connectivity index (χ3v) is 5.41. The van der Waals surface area contributed by atoms with E-state index in [1.807, 2.05) is 12.1 Å². The van der Waals surface area contributed by atoms with Crippen molar-refractivity contribution in [3.05, 3.63) is 41.6 Å². The monoisotopic (exact) mass is 381 g/mol. The number of nitrogens with zero attached hydrogens (tertiary/aromatic N) is 4. The number of carbonyl (C=O) groups excluding carboxylic acids is 1. The highest BCUT2D eigenvalue weighted by Crippen LogP contribution is 2.29. The van der Waals surface area contributed by atoms with Crippen molar-refractivity contribution in [1.29, 1.82) is 0 Å². The highest BCUT2D eigenvalue weighted by atomic mass is 16.5. The van der Waals surface area contributed by atoms with E-state index in [2.05, 4.69) is 25.2 Å². The molecule has 1 N–H and O–H groups in total. The van der Waals surface area contributed by atoms with Gasteiger partial charge in [0.1, 0.15) is 24.0 Å². The van der Waals surface area contributed by atoms with Crippen LogP contribution in [0.2, 0.25) is 0 Å². The van der Waals surface area contributed by atoms with Crippen LogP contribution in [0.15, 0.2) is 24.7 Å². The van der Waals surface area contributed by atoms with Crippen molar-refractivity contribution in [3.8, 4) is 5.75 Å². The van der Waals surface area contributed by atoms with Gasteiger partial charge in [-0.15, -0.1) is 0 Å². The number of anilines is 1. The fourth-order valence-corrected chi connectivity index (χ4v) is 4.00. The van der Waals surface area contributed by atoms with Crippen LogP contribution in [-0.2, 0) is 24.2 Å². The number of ether oxygens (including phenoxy) is 1. The minimum Gasteiger partial charge on any atom is -0.488 e. The number of hydrogen-bond donors (Lipinski definition) is 1. The Labute approximate surface area is 165 Å². The fourth-order valence-electron chi connectivity index (χ4n) is 4.00. The molecule has 2 aromatic rings. The standard InChI is InChI=1S/C21H27N5O2/c1-15(27)23-12-16-11-17(7-9-22-16)28-18-8-10-26(13-18)21-19-5-3-2-4-6-20(19)24-14-25-21/h7,9,11,14,18H,2-6,8,10,12-13H2,1H3,(H,23,27). The first-order valence-corrected chi connectivity index (χ1v) is 10.1. The number of hydrogen-bond acceptors (Lipinski definition) is 6. The average molecular weight is 381 g/mol. The molecular weight excluding hydrogens is 354 g/mol. The van der Waals surface area contributed by atoms with E-state index in [1.54, 1.807) is 12.5 Å². The van der Waals surface area contributed by atoms with Crippen LogP contribution in [0.5, 0.6) is 5.75 Å². The fraction of sp³-hybridized carbons (Fsp3) is 0.524. The van der Waals surface area contributed by atoms with Gasteiger partial charge in [0, 0.05) is 43.4 Å². The van der Waals surface area contributed by atoms with Crippen LogP contribution in [-0.4, -0.2) is 40.1 Å². The van der Waals surface area contributed by atoms with Crippen molar-refractivity contribution in [1.82, 2.24) is 20.3 Å². The highest BCUT2D eigenvalue weighted by molar-refractivity contribution is 5.72. The Kier molecular flexibility index (Phi) is 5.69. The molecule has 28 heavy (non-hydrogen) atoms. The first kappa shape index (κ1) is 18.7. The Hall–Kier alpha value is -2.70. The first-order valence-electron chi connectivity index (χ1n) is 10.1. The number of amides is 1. The van der Waals surface area contributed by atoms with Crippen molar-refractivity contribution < 1.29 is 9.53 Å². The van der Waals surface area contributed by atoms with Gasteiger partial charge < -0.3 is 15.0 Å². The van der Waals surface area contributed by atoms with E-state index in [-0.39, 0.29) is 12.0 Å². The Morgan fingerprint density at radius 2 is 2.14 bits per heavy atom. The van der Waals surface area contributed by atoms with Crippen molar-refractivity contribution in [2.45, 2.75) is 58.1 Å². The van der Waals surface area contributed by atoms with Crippen LogP contribution in [0.1, 0.15) is 49.6 Å². The average Bonchev–Trinajstić information content (AvgIpc) is 3.01. The Bertz CT molecular complexity index is 841. The van der Waals surface area contributed by atoms with Gasteiger partial charge in [0.05, 0.1) is 18.8 Å². The van der Waals surface area contributed by atoms with E-state index in [4.69, 9.17) is 4.74 Å². The molecule has 0 bridgehead atoms. The third kappa shape index (κ3) is 4.40. The smallest absolute Gasteiger partial charge is 0.217 e. The molecule has 1 aliphatic carbocycles. The normalized spacial score (nSPS) is 19.0. The van der Waals surface area contributed by atoms with Crippen molar-refractivity contribution in [2.75, 3.05) is 18.0 Å². The maximum atomic E-state index is 11.1. The quantitative estimate of drug-likeness (QED) is 0.802. The number of pyridine rings is 1. The molecule has 1 fully saturated rings. The Morgan fingerprint density at radius 3 is 3.04 bits per heavy atom. The van der Waals surface area contributed by atoms with E-state index in [9.17, 15) is 4.79 Å². The zero-order chi connectivity index (χ0) is 19.3. The van der Waals surface area contributed by atoms with Crippen molar-refractivity contribution in [3.63, 3.8) is 0 Å². The minimum atomic E-state index is -0.0662. The molecule has 4 rings (SSSR count). The van der Waals surface area contributed by atoms with Crippen LogP contribution in [0, 0.1) is 0 Å². The number of aromatic nitrogens is 3. The van der Waals surface area contributed by atoms with Gasteiger partial charge in [0.25, 0.3) is 0 Å². The molecule has 2 aliphatic rings. The second-order valence-electron chi connectivity index (χ2n) is 7.55. The predicted molar refractivity (Wildman–Crippen MR) is 106 cm³/mol. The van der Waals surface area contributed by atoms with Gasteiger partial charge in [-0.1, -0.05) is 6.42 Å². The van der Waals surface area contributed by atoms with Gasteiger partial charge in [-0.25, -0.2) is 9.97 Å². The van der Waals surface area contributed by atoms with Gasteiger partial charge in [-0.2, -0.15) is 0 Å². The highest BCUT2D eigenvalue weighted by Gasteiger charge is 2.28. The summed E-state index contributed by atoms with van der Waals surface area (Å²) in [5, 5.41) is 2.77. The zero-order valence-electron chi connectivity index (χ0n) is 16.4. The molecule has 0 radical (unpaired) electrons. The molecule has 0 aromatic carbocycles. The lowest BCUT2D eigenvalue weighted by Gasteiger charge is -2.21. The van der Waals surface area contributed by atoms with E-state index in [0.717, 1.165) is 49.6 Å². The molecule has 0 saturated carbocycles. The molecule has 0 spiro atoms. The Balaban J connectivity index is 1.41. The largest absolute Gasteiger partial charge is 0.488 e. The van der Waals surface area contributed by atoms with Gasteiger partial charge in [-0.05, 0) is 31.7 Å². The lowest BCUT2D eigenvalue weighted by atomic mass is 10.1. The van der Waals surface area contributed by atoms with Crippen molar-refractivity contribution in [2.24, 2.45) is 0 Å². The summed E-state index contributed by atoms with van der Waals surface area (Å²) in [6.07, 6.45) is 10.4. The number of rotatable bonds is 5. The minimum absolute atomic E-state index is 0.0662. The third-order valence-electron chi connectivity index (χ3n) is 5.41. The van der Waals surface area contributed by atoms with Crippen LogP contribution in [0.3, 0.4) is 0 Å². The molecule has 1 unspecified atom stereocenters. The topological polar surface area (TPSA) is 80.2 Å². The van der Waals surface area contributed by atoms with E-state index >= 15 is 0 Å². The van der Waals surface area contributed by atoms with Gasteiger partial charge >= 0.3 is 0 Å². The summed E-state index contributed by atoms with van der Waals surface area (Å²) in [6.45, 7) is 3.68. The van der Waals surface area contributed by atoms with Crippen LogP contribution in [0.25, 0.3) is 0 Å². The van der Waals surface area contributed by atoms with Crippen molar-refractivity contribution >= 4 is 11.7 Å². The van der Waals surface area contributed by atoms with E-state index < -0.39 is 0 Å². The van der Waals surface area contributed by atoms with E-state index in [1.165, 1.54) is 37.4 Å². The molecule has 148 valence electrons. The van der Waals surface area contributed by atoms with Gasteiger partial charge in [0.15, 0.2) is 0 Å². The molecule has 1 saturated heterocycles. The SMILES string of the molecule is CC(=O)NCc1cc(OC2CCN(c3ncnc4c3CCCCC4)C2)ccn1. The maximum Gasteiger partial charge on any atom is 0.217 e. The lowest BCUT2D eigenvalue weighted by molar-refractivity contribution is -0.119. The summed E-state index contributed by atoms with van der Waals surface area (Å²) < 4.78 is 6.21. The molecule has 3 heterocycles. The molecule has 1 amide bonds.